The zero-order chi connectivity index (χ0) is 16.8. The fourth-order valence-electron chi connectivity index (χ4n) is 1.92. The van der Waals surface area contributed by atoms with Gasteiger partial charge in [0, 0.05) is 29.9 Å². The molecule has 1 heterocycles. The number of aromatic amines is 1. The van der Waals surface area contributed by atoms with Crippen molar-refractivity contribution in [2.45, 2.75) is 13.0 Å². The van der Waals surface area contributed by atoms with E-state index in [-0.39, 0.29) is 12.1 Å². The molecule has 0 radical (unpaired) electrons. The Morgan fingerprint density at radius 1 is 1.35 bits per heavy atom. The Morgan fingerprint density at radius 2 is 2.04 bits per heavy atom. The number of hydrogen-bond acceptors (Lipinski definition) is 5. The van der Waals surface area contributed by atoms with Crippen molar-refractivity contribution in [3.8, 4) is 0 Å². The number of carbonyl (C=O) groups is 1. The van der Waals surface area contributed by atoms with Crippen LogP contribution < -0.4 is 16.2 Å². The number of aliphatic hydroxyl groups excluding tert-OH is 1. The van der Waals surface area contributed by atoms with Crippen LogP contribution in [-0.2, 0) is 4.79 Å². The van der Waals surface area contributed by atoms with E-state index in [9.17, 15) is 14.7 Å². The molecule has 122 valence electrons. The Morgan fingerprint density at radius 3 is 2.70 bits per heavy atom. The standard InChI is InChI=1S/C15H17ClN4O3/c1-9-8-12(21)20-15(19-9)18-7-6-17-14(23)13(22)10-2-4-11(16)5-3-10/h2-5,8,13,22H,6-7H2,1H3,(H,17,23)(H2,18,19,20,21)/t13-/m0/s1. The maximum Gasteiger partial charge on any atom is 0.253 e. The number of amides is 1. The summed E-state index contributed by atoms with van der Waals surface area (Å²) in [5.41, 5.74) is 0.810. The second kappa shape index (κ2) is 7.75. The van der Waals surface area contributed by atoms with Gasteiger partial charge in [-0.1, -0.05) is 23.7 Å². The summed E-state index contributed by atoms with van der Waals surface area (Å²) < 4.78 is 0. The van der Waals surface area contributed by atoms with Gasteiger partial charge in [-0.2, -0.15) is 0 Å². The molecule has 0 aliphatic rings. The second-order valence-corrected chi connectivity index (χ2v) is 5.34. The first-order valence-corrected chi connectivity index (χ1v) is 7.36. The summed E-state index contributed by atoms with van der Waals surface area (Å²) in [6.07, 6.45) is -1.26. The van der Waals surface area contributed by atoms with E-state index in [4.69, 9.17) is 11.6 Å². The van der Waals surface area contributed by atoms with E-state index in [1.165, 1.54) is 6.07 Å². The van der Waals surface area contributed by atoms with Crippen molar-refractivity contribution < 1.29 is 9.90 Å². The summed E-state index contributed by atoms with van der Waals surface area (Å²) in [6, 6.07) is 7.78. The summed E-state index contributed by atoms with van der Waals surface area (Å²) in [5, 5.41) is 15.9. The zero-order valence-corrected chi connectivity index (χ0v) is 13.2. The molecule has 0 bridgehead atoms. The Bertz CT molecular complexity index is 730. The van der Waals surface area contributed by atoms with Crippen LogP contribution in [-0.4, -0.2) is 34.1 Å². The van der Waals surface area contributed by atoms with E-state index < -0.39 is 12.0 Å². The lowest BCUT2D eigenvalue weighted by Crippen LogP contribution is -2.33. The van der Waals surface area contributed by atoms with Gasteiger partial charge in [-0.05, 0) is 24.6 Å². The average Bonchev–Trinajstić information content (AvgIpc) is 2.50. The van der Waals surface area contributed by atoms with Crippen LogP contribution in [0.3, 0.4) is 0 Å². The molecule has 0 spiro atoms. The van der Waals surface area contributed by atoms with Crippen molar-refractivity contribution in [1.29, 1.82) is 0 Å². The number of aryl methyl sites for hydroxylation is 1. The van der Waals surface area contributed by atoms with E-state index >= 15 is 0 Å². The van der Waals surface area contributed by atoms with Gasteiger partial charge in [-0.3, -0.25) is 14.6 Å². The predicted molar refractivity (Wildman–Crippen MR) is 87.5 cm³/mol. The highest BCUT2D eigenvalue weighted by Gasteiger charge is 2.16. The molecule has 2 aromatic rings. The summed E-state index contributed by atoms with van der Waals surface area (Å²) >= 11 is 5.76. The molecular weight excluding hydrogens is 320 g/mol. The van der Waals surface area contributed by atoms with Crippen LogP contribution in [0.4, 0.5) is 5.95 Å². The van der Waals surface area contributed by atoms with Crippen LogP contribution in [0.5, 0.6) is 0 Å². The van der Waals surface area contributed by atoms with Crippen LogP contribution in [0, 0.1) is 6.92 Å². The Balaban J connectivity index is 1.80. The highest BCUT2D eigenvalue weighted by atomic mass is 35.5. The number of halogens is 1. The zero-order valence-electron chi connectivity index (χ0n) is 12.5. The normalized spacial score (nSPS) is 11.8. The molecule has 1 aromatic heterocycles. The summed E-state index contributed by atoms with van der Waals surface area (Å²) in [7, 11) is 0. The van der Waals surface area contributed by atoms with Gasteiger partial charge in [0.05, 0.1) is 0 Å². The molecule has 8 heteroatoms. The molecule has 1 amide bonds. The molecule has 1 aromatic carbocycles. The van der Waals surface area contributed by atoms with Crippen LogP contribution in [0.15, 0.2) is 35.1 Å². The van der Waals surface area contributed by atoms with Gasteiger partial charge in [0.15, 0.2) is 6.10 Å². The molecule has 0 fully saturated rings. The van der Waals surface area contributed by atoms with Crippen molar-refractivity contribution in [2.24, 2.45) is 0 Å². The van der Waals surface area contributed by atoms with Gasteiger partial charge in [0.1, 0.15) is 0 Å². The van der Waals surface area contributed by atoms with Gasteiger partial charge >= 0.3 is 0 Å². The number of benzene rings is 1. The predicted octanol–water partition coefficient (Wildman–Crippen LogP) is 0.993. The fourth-order valence-corrected chi connectivity index (χ4v) is 2.05. The monoisotopic (exact) mass is 336 g/mol. The third-order valence-corrected chi connectivity index (χ3v) is 3.27. The lowest BCUT2D eigenvalue weighted by molar-refractivity contribution is -0.129. The molecular formula is C15H17ClN4O3. The molecule has 0 saturated heterocycles. The summed E-state index contributed by atoms with van der Waals surface area (Å²) in [6.45, 7) is 2.33. The molecule has 0 aliphatic heterocycles. The van der Waals surface area contributed by atoms with Gasteiger partial charge < -0.3 is 15.7 Å². The minimum atomic E-state index is -1.26. The third-order valence-electron chi connectivity index (χ3n) is 3.02. The van der Waals surface area contributed by atoms with Gasteiger partial charge in [0.2, 0.25) is 5.95 Å². The number of hydrogen-bond donors (Lipinski definition) is 4. The van der Waals surface area contributed by atoms with Crippen LogP contribution >= 0.6 is 11.6 Å². The fraction of sp³-hybridized carbons (Fsp3) is 0.267. The molecule has 0 aliphatic carbocycles. The van der Waals surface area contributed by atoms with E-state index in [0.717, 1.165) is 0 Å². The lowest BCUT2D eigenvalue weighted by atomic mass is 10.1. The number of H-pyrrole nitrogens is 1. The lowest BCUT2D eigenvalue weighted by Gasteiger charge is -2.12. The number of rotatable bonds is 6. The van der Waals surface area contributed by atoms with Crippen LogP contribution in [0.2, 0.25) is 5.02 Å². The minimum absolute atomic E-state index is 0.248. The number of carbonyl (C=O) groups excluding carboxylic acids is 1. The number of nitrogens with zero attached hydrogens (tertiary/aromatic N) is 1. The van der Waals surface area contributed by atoms with Gasteiger partial charge in [-0.25, -0.2) is 4.98 Å². The van der Waals surface area contributed by atoms with Crippen LogP contribution in [0.25, 0.3) is 0 Å². The first-order chi connectivity index (χ1) is 11.0. The van der Waals surface area contributed by atoms with Crippen molar-refractivity contribution >= 4 is 23.5 Å². The third kappa shape index (κ3) is 5.08. The van der Waals surface area contributed by atoms with E-state index in [1.54, 1.807) is 31.2 Å². The van der Waals surface area contributed by atoms with Crippen molar-refractivity contribution in [2.75, 3.05) is 18.4 Å². The molecule has 7 nitrogen and oxygen atoms in total. The van der Waals surface area contributed by atoms with Gasteiger partial charge in [0.25, 0.3) is 11.5 Å². The summed E-state index contributed by atoms with van der Waals surface area (Å²) in [5.74, 6) is -0.178. The highest BCUT2D eigenvalue weighted by molar-refractivity contribution is 6.30. The molecule has 23 heavy (non-hydrogen) atoms. The second-order valence-electron chi connectivity index (χ2n) is 4.91. The molecule has 2 rings (SSSR count). The average molecular weight is 337 g/mol. The number of anilines is 1. The van der Waals surface area contributed by atoms with E-state index in [1.807, 2.05) is 0 Å². The number of aromatic nitrogens is 2. The number of nitrogens with one attached hydrogen (secondary N) is 3. The maximum absolute atomic E-state index is 11.9. The topological polar surface area (TPSA) is 107 Å². The largest absolute Gasteiger partial charge is 0.378 e. The Labute approximate surface area is 137 Å². The Hall–Kier alpha value is -2.38. The highest BCUT2D eigenvalue weighted by Crippen LogP contribution is 2.16. The van der Waals surface area contributed by atoms with Crippen LogP contribution in [0.1, 0.15) is 17.4 Å². The molecule has 4 N–H and O–H groups in total. The first kappa shape index (κ1) is 17.0. The quantitative estimate of drug-likeness (QED) is 0.589. The van der Waals surface area contributed by atoms with Crippen molar-refractivity contribution in [3.05, 3.63) is 57.0 Å². The molecule has 1 atom stereocenters. The first-order valence-electron chi connectivity index (χ1n) is 6.99. The van der Waals surface area contributed by atoms with Gasteiger partial charge in [-0.15, -0.1) is 0 Å². The smallest absolute Gasteiger partial charge is 0.253 e. The van der Waals surface area contributed by atoms with Crippen molar-refractivity contribution in [3.63, 3.8) is 0 Å². The molecule has 0 saturated carbocycles. The maximum atomic E-state index is 11.9. The van der Waals surface area contributed by atoms with E-state index in [2.05, 4.69) is 20.6 Å². The SMILES string of the molecule is Cc1cc(=O)[nH]c(NCCNC(=O)[C@@H](O)c2ccc(Cl)cc2)n1. The molecule has 0 unspecified atom stereocenters. The van der Waals surface area contributed by atoms with E-state index in [0.29, 0.717) is 28.8 Å². The van der Waals surface area contributed by atoms with Crippen molar-refractivity contribution in [1.82, 2.24) is 15.3 Å². The Kier molecular flexibility index (Phi) is 5.72. The minimum Gasteiger partial charge on any atom is -0.378 e. The summed E-state index contributed by atoms with van der Waals surface area (Å²) in [4.78, 5) is 29.8. The number of aliphatic hydroxyl groups is 1.